The van der Waals surface area contributed by atoms with Gasteiger partial charge in [0.25, 0.3) is 15.9 Å². The lowest BCUT2D eigenvalue weighted by Crippen LogP contribution is -2.48. The number of nitrogens with one attached hydrogen (secondary N) is 2. The van der Waals surface area contributed by atoms with Gasteiger partial charge in [0, 0.05) is 44.0 Å². The summed E-state index contributed by atoms with van der Waals surface area (Å²) in [7, 11) is -2.23. The van der Waals surface area contributed by atoms with E-state index in [1.54, 1.807) is 48.0 Å². The Morgan fingerprint density at radius 1 is 1.04 bits per heavy atom. The number of benzene rings is 3. The number of likely N-dealkylation sites (N-methyl/N-ethyl adjacent to an activating group) is 1. The monoisotopic (exact) mass is 680 g/mol. The second kappa shape index (κ2) is 16.8. The van der Waals surface area contributed by atoms with Crippen LogP contribution in [0.15, 0.2) is 77.7 Å². The van der Waals surface area contributed by atoms with Crippen LogP contribution in [0, 0.1) is 12.8 Å². The summed E-state index contributed by atoms with van der Waals surface area (Å²) in [6.45, 7) is 8.15. The largest absolute Gasteiger partial charge is 0.490 e. The highest BCUT2D eigenvalue weighted by molar-refractivity contribution is 7.92. The van der Waals surface area contributed by atoms with Crippen LogP contribution in [0.2, 0.25) is 0 Å². The fourth-order valence-electron chi connectivity index (χ4n) is 5.47. The number of hydrogen-bond acceptors (Lipinski definition) is 7. The van der Waals surface area contributed by atoms with Gasteiger partial charge < -0.3 is 29.7 Å². The second-order valence-corrected chi connectivity index (χ2v) is 14.3. The average molecular weight is 681 g/mol. The number of amides is 3. The summed E-state index contributed by atoms with van der Waals surface area (Å²) < 4.78 is 41.6. The first-order chi connectivity index (χ1) is 22.9. The van der Waals surface area contributed by atoms with E-state index in [4.69, 9.17) is 9.47 Å². The first kappa shape index (κ1) is 36.7. The summed E-state index contributed by atoms with van der Waals surface area (Å²) in [5.41, 5.74) is 1.99. The van der Waals surface area contributed by atoms with Crippen LogP contribution in [0.4, 0.5) is 16.2 Å². The molecule has 3 amide bonds. The van der Waals surface area contributed by atoms with Crippen LogP contribution in [0.3, 0.4) is 0 Å². The summed E-state index contributed by atoms with van der Waals surface area (Å²) >= 11 is 0. The van der Waals surface area contributed by atoms with Crippen molar-refractivity contribution in [3.8, 4) is 5.75 Å². The van der Waals surface area contributed by atoms with E-state index in [-0.39, 0.29) is 53.9 Å². The maximum absolute atomic E-state index is 14.4. The Morgan fingerprint density at radius 2 is 1.75 bits per heavy atom. The molecule has 260 valence electrons. The van der Waals surface area contributed by atoms with Crippen molar-refractivity contribution >= 4 is 33.3 Å². The molecule has 3 aromatic rings. The minimum absolute atomic E-state index is 0.0993. The lowest BCUT2D eigenvalue weighted by atomic mass is 10.0. The molecule has 1 heterocycles. The lowest BCUT2D eigenvalue weighted by Gasteiger charge is -2.35. The number of urea groups is 1. The number of hydrogen-bond donors (Lipinski definition) is 3. The standard InChI is InChI=1S/C36H48N4O7S/c1-25-14-17-31(18-15-25)48(44,45)38-30-16-19-33-32(21-30)35(42)40(27(3)24-41)22-26(2)34(46-20-10-9-11-28(4)47-33)23-39(5)36(43)37-29-12-7-6-8-13-29/h6-8,12-19,21,26-28,34,38,41H,9-11,20,22-24H2,1-5H3,(H,37,43)/t26-,27-,28-,34+/m1/s1. The predicted octanol–water partition coefficient (Wildman–Crippen LogP) is 5.76. The van der Waals surface area contributed by atoms with Crippen molar-refractivity contribution in [1.82, 2.24) is 9.80 Å². The Hall–Kier alpha value is -4.13. The summed E-state index contributed by atoms with van der Waals surface area (Å²) in [6, 6.07) is 19.5. The number of ether oxygens (including phenoxy) is 2. The van der Waals surface area contributed by atoms with Crippen molar-refractivity contribution in [2.24, 2.45) is 5.92 Å². The molecule has 0 unspecified atom stereocenters. The minimum Gasteiger partial charge on any atom is -0.490 e. The molecular weight excluding hydrogens is 632 g/mol. The van der Waals surface area contributed by atoms with Gasteiger partial charge in [0.1, 0.15) is 5.75 Å². The Balaban J connectivity index is 1.63. The van der Waals surface area contributed by atoms with Crippen LogP contribution in [-0.4, -0.2) is 86.9 Å². The maximum Gasteiger partial charge on any atom is 0.321 e. The SMILES string of the molecule is Cc1ccc(S(=O)(=O)Nc2ccc3c(c2)C(=O)N([C@H](C)CO)C[C@@H](C)[C@H](CN(C)C(=O)Nc2ccccc2)OCCCC[C@@H](C)O3)cc1. The van der Waals surface area contributed by atoms with Crippen LogP contribution in [0.5, 0.6) is 5.75 Å². The number of rotatable bonds is 8. The average Bonchev–Trinajstić information content (AvgIpc) is 3.06. The molecule has 11 nitrogen and oxygen atoms in total. The topological polar surface area (TPSA) is 138 Å². The Bertz CT molecular complexity index is 1620. The van der Waals surface area contributed by atoms with Gasteiger partial charge >= 0.3 is 6.03 Å². The van der Waals surface area contributed by atoms with Crippen LogP contribution >= 0.6 is 0 Å². The van der Waals surface area contributed by atoms with Gasteiger partial charge in [-0.2, -0.15) is 0 Å². The quantitative estimate of drug-likeness (QED) is 0.275. The van der Waals surface area contributed by atoms with Crippen molar-refractivity contribution in [3.05, 3.63) is 83.9 Å². The molecule has 0 bridgehead atoms. The van der Waals surface area contributed by atoms with E-state index in [0.29, 0.717) is 24.5 Å². The lowest BCUT2D eigenvalue weighted by molar-refractivity contribution is -0.0115. The molecular formula is C36H48N4O7S. The number of aliphatic hydroxyl groups is 1. The third-order valence-electron chi connectivity index (χ3n) is 8.46. The zero-order chi connectivity index (χ0) is 34.8. The molecule has 4 rings (SSSR count). The van der Waals surface area contributed by atoms with E-state index in [2.05, 4.69) is 10.0 Å². The molecule has 12 heteroatoms. The van der Waals surface area contributed by atoms with Gasteiger partial charge in [-0.05, 0) is 82.5 Å². The zero-order valence-electron chi connectivity index (χ0n) is 28.4. The molecule has 4 atom stereocenters. The molecule has 0 saturated carbocycles. The first-order valence-corrected chi connectivity index (χ1v) is 17.9. The minimum atomic E-state index is -3.93. The maximum atomic E-state index is 14.4. The fourth-order valence-corrected chi connectivity index (χ4v) is 6.52. The van der Waals surface area contributed by atoms with E-state index >= 15 is 0 Å². The van der Waals surface area contributed by atoms with Crippen LogP contribution in [0.1, 0.15) is 56.0 Å². The summed E-state index contributed by atoms with van der Waals surface area (Å²) in [4.78, 5) is 30.6. The molecule has 0 saturated heterocycles. The van der Waals surface area contributed by atoms with Crippen LogP contribution in [0.25, 0.3) is 0 Å². The van der Waals surface area contributed by atoms with Gasteiger partial charge in [0.15, 0.2) is 0 Å². The zero-order valence-corrected chi connectivity index (χ0v) is 29.2. The Labute approximate surface area is 284 Å². The highest BCUT2D eigenvalue weighted by Gasteiger charge is 2.31. The molecule has 0 radical (unpaired) electrons. The van der Waals surface area contributed by atoms with Crippen LogP contribution in [-0.2, 0) is 14.8 Å². The molecule has 3 N–H and O–H groups in total. The fraction of sp³-hybridized carbons (Fsp3) is 0.444. The predicted molar refractivity (Wildman–Crippen MR) is 187 cm³/mol. The van der Waals surface area contributed by atoms with Gasteiger partial charge in [-0.3, -0.25) is 9.52 Å². The van der Waals surface area contributed by atoms with Crippen LogP contribution < -0.4 is 14.8 Å². The van der Waals surface area contributed by atoms with Crippen molar-refractivity contribution in [2.75, 3.05) is 43.4 Å². The van der Waals surface area contributed by atoms with Gasteiger partial charge in [-0.25, -0.2) is 13.2 Å². The molecule has 1 aliphatic heterocycles. The van der Waals surface area contributed by atoms with Gasteiger partial charge in [0.2, 0.25) is 0 Å². The van der Waals surface area contributed by atoms with E-state index in [9.17, 15) is 23.1 Å². The number of aryl methyl sites for hydroxylation is 1. The van der Waals surface area contributed by atoms with E-state index in [1.165, 1.54) is 18.2 Å². The van der Waals surface area contributed by atoms with E-state index in [0.717, 1.165) is 18.4 Å². The summed E-state index contributed by atoms with van der Waals surface area (Å²) in [6.07, 6.45) is 1.65. The molecule has 0 fully saturated rings. The number of carbonyl (C=O) groups excluding carboxylic acids is 2. The number of anilines is 2. The highest BCUT2D eigenvalue weighted by atomic mass is 32.2. The molecule has 3 aromatic carbocycles. The normalized spacial score (nSPS) is 20.1. The highest BCUT2D eigenvalue weighted by Crippen LogP contribution is 2.29. The number of aliphatic hydroxyl groups excluding tert-OH is 1. The number of fused-ring (bicyclic) bond motifs is 1. The number of carbonyl (C=O) groups is 2. The van der Waals surface area contributed by atoms with Crippen molar-refractivity contribution in [3.63, 3.8) is 0 Å². The number of nitrogens with zero attached hydrogens (tertiary/aromatic N) is 2. The van der Waals surface area contributed by atoms with E-state index < -0.39 is 28.1 Å². The number of sulfonamides is 1. The molecule has 0 spiro atoms. The Kier molecular flexibility index (Phi) is 12.9. The summed E-state index contributed by atoms with van der Waals surface area (Å²) in [5.74, 6) is -0.340. The second-order valence-electron chi connectivity index (χ2n) is 12.6. The van der Waals surface area contributed by atoms with E-state index in [1.807, 2.05) is 51.1 Å². The van der Waals surface area contributed by atoms with Gasteiger partial charge in [-0.1, -0.05) is 42.8 Å². The van der Waals surface area contributed by atoms with Gasteiger partial charge in [-0.15, -0.1) is 0 Å². The first-order valence-electron chi connectivity index (χ1n) is 16.4. The molecule has 0 aliphatic carbocycles. The number of para-hydroxylation sites is 1. The molecule has 0 aromatic heterocycles. The summed E-state index contributed by atoms with van der Waals surface area (Å²) in [5, 5.41) is 13.1. The molecule has 1 aliphatic rings. The third kappa shape index (κ3) is 9.94. The Morgan fingerprint density at radius 3 is 2.44 bits per heavy atom. The van der Waals surface area contributed by atoms with Gasteiger partial charge in [0.05, 0.1) is 35.3 Å². The van der Waals surface area contributed by atoms with Crippen molar-refractivity contribution < 1.29 is 32.6 Å². The van der Waals surface area contributed by atoms with Crippen molar-refractivity contribution in [2.45, 2.75) is 70.1 Å². The smallest absolute Gasteiger partial charge is 0.321 e. The third-order valence-corrected chi connectivity index (χ3v) is 9.86. The molecule has 48 heavy (non-hydrogen) atoms. The van der Waals surface area contributed by atoms with Crippen molar-refractivity contribution in [1.29, 1.82) is 0 Å².